The molecule has 31 heavy (non-hydrogen) atoms. The SMILES string of the molecule is N#C/C(=C/c1cn(Cc2ccc(F)cc2)c2ccccc12)C(=O)NCc1ccccc1. The molecular weight excluding hydrogens is 389 g/mol. The lowest BCUT2D eigenvalue weighted by Crippen LogP contribution is -2.23. The average molecular weight is 409 g/mol. The van der Waals surface area contributed by atoms with Gasteiger partial charge in [-0.15, -0.1) is 0 Å². The number of fused-ring (bicyclic) bond motifs is 1. The molecule has 0 bridgehead atoms. The molecule has 0 atom stereocenters. The summed E-state index contributed by atoms with van der Waals surface area (Å²) in [5.74, 6) is -0.688. The predicted octanol–water partition coefficient (Wildman–Crippen LogP) is 5.05. The quantitative estimate of drug-likeness (QED) is 0.358. The van der Waals surface area contributed by atoms with Gasteiger partial charge in [-0.1, -0.05) is 60.7 Å². The van der Waals surface area contributed by atoms with Gasteiger partial charge in [0.05, 0.1) is 0 Å². The zero-order chi connectivity index (χ0) is 21.6. The van der Waals surface area contributed by atoms with Gasteiger partial charge in [-0.05, 0) is 35.4 Å². The standard InChI is InChI=1S/C26H20FN3O/c27-23-12-10-20(11-13-23)17-30-18-22(24-8-4-5-9-25(24)30)14-21(15-28)26(31)29-16-19-6-2-1-3-7-19/h1-14,18H,16-17H2,(H,29,31)/b21-14-. The summed E-state index contributed by atoms with van der Waals surface area (Å²) in [6.07, 6.45) is 3.53. The summed E-state index contributed by atoms with van der Waals surface area (Å²) in [5.41, 5.74) is 3.72. The van der Waals surface area contributed by atoms with Gasteiger partial charge in [0.25, 0.3) is 5.91 Å². The molecule has 1 amide bonds. The highest BCUT2D eigenvalue weighted by atomic mass is 19.1. The van der Waals surface area contributed by atoms with E-state index in [1.807, 2.05) is 71.4 Å². The first-order valence-electron chi connectivity index (χ1n) is 9.90. The third kappa shape index (κ3) is 4.71. The zero-order valence-corrected chi connectivity index (χ0v) is 16.8. The molecule has 5 heteroatoms. The van der Waals surface area contributed by atoms with Crippen molar-refractivity contribution in [3.05, 3.63) is 113 Å². The molecule has 0 spiro atoms. The topological polar surface area (TPSA) is 57.8 Å². The van der Waals surface area contributed by atoms with E-state index < -0.39 is 5.91 Å². The Morgan fingerprint density at radius 2 is 1.68 bits per heavy atom. The Labute approximate surface area is 179 Å². The maximum absolute atomic E-state index is 13.2. The molecule has 0 unspecified atom stereocenters. The van der Waals surface area contributed by atoms with Crippen molar-refractivity contribution in [2.45, 2.75) is 13.1 Å². The van der Waals surface area contributed by atoms with Crippen LogP contribution in [0.1, 0.15) is 16.7 Å². The largest absolute Gasteiger partial charge is 0.347 e. The van der Waals surface area contributed by atoms with Crippen LogP contribution in [-0.2, 0) is 17.9 Å². The summed E-state index contributed by atoms with van der Waals surface area (Å²) < 4.78 is 15.3. The maximum Gasteiger partial charge on any atom is 0.262 e. The van der Waals surface area contributed by atoms with Crippen LogP contribution in [0, 0.1) is 17.1 Å². The number of nitriles is 1. The number of hydrogen-bond acceptors (Lipinski definition) is 2. The van der Waals surface area contributed by atoms with Crippen molar-refractivity contribution in [2.24, 2.45) is 0 Å². The number of nitrogens with zero attached hydrogens (tertiary/aromatic N) is 2. The van der Waals surface area contributed by atoms with Gasteiger partial charge in [0.2, 0.25) is 0 Å². The molecule has 4 aromatic rings. The fourth-order valence-electron chi connectivity index (χ4n) is 3.49. The van der Waals surface area contributed by atoms with Crippen molar-refractivity contribution in [3.63, 3.8) is 0 Å². The normalized spacial score (nSPS) is 11.3. The summed E-state index contributed by atoms with van der Waals surface area (Å²) in [7, 11) is 0. The lowest BCUT2D eigenvalue weighted by atomic mass is 10.1. The molecule has 3 aromatic carbocycles. The minimum atomic E-state index is -0.415. The van der Waals surface area contributed by atoms with Crippen molar-refractivity contribution >= 4 is 22.9 Å². The van der Waals surface area contributed by atoms with E-state index in [0.717, 1.165) is 27.6 Å². The number of carbonyl (C=O) groups excluding carboxylic acids is 1. The van der Waals surface area contributed by atoms with Crippen LogP contribution in [0.5, 0.6) is 0 Å². The van der Waals surface area contributed by atoms with Crippen LogP contribution in [0.3, 0.4) is 0 Å². The molecule has 1 N–H and O–H groups in total. The van der Waals surface area contributed by atoms with Gasteiger partial charge in [-0.25, -0.2) is 4.39 Å². The minimum Gasteiger partial charge on any atom is -0.347 e. The molecule has 0 aliphatic rings. The summed E-state index contributed by atoms with van der Waals surface area (Å²) in [6, 6.07) is 25.7. The second kappa shape index (κ2) is 9.10. The number of nitrogens with one attached hydrogen (secondary N) is 1. The molecular formula is C26H20FN3O. The second-order valence-corrected chi connectivity index (χ2v) is 7.19. The van der Waals surface area contributed by atoms with E-state index in [9.17, 15) is 14.4 Å². The van der Waals surface area contributed by atoms with Crippen molar-refractivity contribution in [3.8, 4) is 6.07 Å². The number of aromatic nitrogens is 1. The summed E-state index contributed by atoms with van der Waals surface area (Å²) in [4.78, 5) is 12.6. The van der Waals surface area contributed by atoms with Gasteiger partial charge in [-0.2, -0.15) is 5.26 Å². The number of carbonyl (C=O) groups is 1. The Kier molecular flexibility index (Phi) is 5.91. The highest BCUT2D eigenvalue weighted by Gasteiger charge is 2.12. The molecule has 0 aliphatic heterocycles. The summed E-state index contributed by atoms with van der Waals surface area (Å²) in [5, 5.41) is 13.3. The number of para-hydroxylation sites is 1. The van der Waals surface area contributed by atoms with Crippen LogP contribution in [0.25, 0.3) is 17.0 Å². The highest BCUT2D eigenvalue weighted by Crippen LogP contribution is 2.24. The third-order valence-corrected chi connectivity index (χ3v) is 5.05. The molecule has 1 heterocycles. The number of halogens is 1. The van der Waals surface area contributed by atoms with Crippen molar-refractivity contribution < 1.29 is 9.18 Å². The fraction of sp³-hybridized carbons (Fsp3) is 0.0769. The molecule has 4 rings (SSSR count). The van der Waals surface area contributed by atoms with E-state index in [1.54, 1.807) is 18.2 Å². The smallest absolute Gasteiger partial charge is 0.262 e. The Bertz CT molecular complexity index is 1280. The second-order valence-electron chi connectivity index (χ2n) is 7.19. The van der Waals surface area contributed by atoms with Crippen molar-refractivity contribution in [2.75, 3.05) is 0 Å². The first-order valence-corrected chi connectivity index (χ1v) is 9.90. The lowest BCUT2D eigenvalue weighted by Gasteiger charge is -2.05. The summed E-state index contributed by atoms with van der Waals surface area (Å²) >= 11 is 0. The molecule has 152 valence electrons. The molecule has 0 radical (unpaired) electrons. The van der Waals surface area contributed by atoms with E-state index in [2.05, 4.69) is 5.32 Å². The summed E-state index contributed by atoms with van der Waals surface area (Å²) in [6.45, 7) is 0.905. The maximum atomic E-state index is 13.2. The molecule has 0 fully saturated rings. The molecule has 0 saturated heterocycles. The van der Waals surface area contributed by atoms with Crippen LogP contribution >= 0.6 is 0 Å². The Morgan fingerprint density at radius 3 is 2.42 bits per heavy atom. The van der Waals surface area contributed by atoms with Gasteiger partial charge in [0.1, 0.15) is 17.5 Å². The van der Waals surface area contributed by atoms with Gasteiger partial charge < -0.3 is 9.88 Å². The highest BCUT2D eigenvalue weighted by molar-refractivity contribution is 6.04. The van der Waals surface area contributed by atoms with Gasteiger partial charge in [0, 0.05) is 35.8 Å². The van der Waals surface area contributed by atoms with Crippen molar-refractivity contribution in [1.82, 2.24) is 9.88 Å². The first-order chi connectivity index (χ1) is 15.1. The van der Waals surface area contributed by atoms with Crippen LogP contribution in [0.2, 0.25) is 0 Å². The van der Waals surface area contributed by atoms with E-state index in [0.29, 0.717) is 13.1 Å². The number of hydrogen-bond donors (Lipinski definition) is 1. The Balaban J connectivity index is 1.61. The monoisotopic (exact) mass is 409 g/mol. The average Bonchev–Trinajstić information content (AvgIpc) is 3.15. The Morgan fingerprint density at radius 1 is 0.968 bits per heavy atom. The molecule has 4 nitrogen and oxygen atoms in total. The van der Waals surface area contributed by atoms with E-state index in [1.165, 1.54) is 12.1 Å². The number of benzene rings is 3. The van der Waals surface area contributed by atoms with Crippen LogP contribution < -0.4 is 5.32 Å². The Hall–Kier alpha value is -4.17. The van der Waals surface area contributed by atoms with Gasteiger partial charge in [0.15, 0.2) is 0 Å². The number of amides is 1. The third-order valence-electron chi connectivity index (χ3n) is 5.05. The van der Waals surface area contributed by atoms with Crippen molar-refractivity contribution in [1.29, 1.82) is 5.26 Å². The van der Waals surface area contributed by atoms with Crippen LogP contribution in [0.4, 0.5) is 4.39 Å². The van der Waals surface area contributed by atoms with Gasteiger partial charge >= 0.3 is 0 Å². The van der Waals surface area contributed by atoms with E-state index >= 15 is 0 Å². The van der Waals surface area contributed by atoms with Crippen LogP contribution in [0.15, 0.2) is 90.6 Å². The molecule has 0 aliphatic carbocycles. The fourth-order valence-corrected chi connectivity index (χ4v) is 3.49. The first kappa shape index (κ1) is 20.1. The van der Waals surface area contributed by atoms with E-state index in [-0.39, 0.29) is 11.4 Å². The lowest BCUT2D eigenvalue weighted by molar-refractivity contribution is -0.117. The minimum absolute atomic E-state index is 0.0422. The van der Waals surface area contributed by atoms with Crippen LogP contribution in [-0.4, -0.2) is 10.5 Å². The zero-order valence-electron chi connectivity index (χ0n) is 16.8. The molecule has 1 aromatic heterocycles. The van der Waals surface area contributed by atoms with E-state index in [4.69, 9.17) is 0 Å². The predicted molar refractivity (Wildman–Crippen MR) is 119 cm³/mol. The number of rotatable bonds is 6. The van der Waals surface area contributed by atoms with Gasteiger partial charge in [-0.3, -0.25) is 4.79 Å². The molecule has 0 saturated carbocycles.